The summed E-state index contributed by atoms with van der Waals surface area (Å²) in [7, 11) is 0. The number of hydrogen-bond donors (Lipinski definition) is 1. The van der Waals surface area contributed by atoms with Gasteiger partial charge >= 0.3 is 0 Å². The lowest BCUT2D eigenvalue weighted by Crippen LogP contribution is -2.47. The van der Waals surface area contributed by atoms with Gasteiger partial charge in [0.25, 0.3) is 0 Å². The Bertz CT molecular complexity index is 620. The zero-order chi connectivity index (χ0) is 16.2. The molecule has 23 heavy (non-hydrogen) atoms. The van der Waals surface area contributed by atoms with Gasteiger partial charge in [0.1, 0.15) is 5.78 Å². The first kappa shape index (κ1) is 15.6. The molecule has 0 unspecified atom stereocenters. The van der Waals surface area contributed by atoms with E-state index in [9.17, 15) is 14.3 Å². The maximum atomic E-state index is 13.6. The van der Waals surface area contributed by atoms with E-state index in [0.717, 1.165) is 17.8 Å². The predicted octanol–water partition coefficient (Wildman–Crippen LogP) is 5.01. The first-order valence-corrected chi connectivity index (χ1v) is 9.40. The average molecular weight is 381 g/mol. The van der Waals surface area contributed by atoms with Crippen molar-refractivity contribution in [3.63, 3.8) is 0 Å². The van der Waals surface area contributed by atoms with Gasteiger partial charge in [-0.25, -0.2) is 4.39 Å². The van der Waals surface area contributed by atoms with Crippen LogP contribution >= 0.6 is 15.9 Å². The standard InChI is InChI=1S/C19H22BrFO2/c20-15-4-14(18(23)17(21)6-15)5-16(22)10-19-7-11-1-12(8-19)3-13(2-11)9-19/h4,6,11-13,23H,1-3,5,7-10H2. The lowest BCUT2D eigenvalue weighted by atomic mass is 9.48. The molecule has 1 aromatic rings. The van der Waals surface area contributed by atoms with Crippen molar-refractivity contribution >= 4 is 21.7 Å². The van der Waals surface area contributed by atoms with Crippen molar-refractivity contribution in [2.75, 3.05) is 0 Å². The molecule has 4 aliphatic rings. The number of aromatic hydroxyl groups is 1. The van der Waals surface area contributed by atoms with Gasteiger partial charge in [0.15, 0.2) is 11.6 Å². The number of rotatable bonds is 4. The van der Waals surface area contributed by atoms with Gasteiger partial charge in [0, 0.05) is 22.9 Å². The van der Waals surface area contributed by atoms with E-state index in [4.69, 9.17) is 0 Å². The topological polar surface area (TPSA) is 37.3 Å². The van der Waals surface area contributed by atoms with Crippen LogP contribution < -0.4 is 0 Å². The van der Waals surface area contributed by atoms with Crippen LogP contribution in [0.15, 0.2) is 16.6 Å². The number of phenols is 1. The number of ketones is 1. The highest BCUT2D eigenvalue weighted by Gasteiger charge is 2.51. The fourth-order valence-corrected chi connectivity index (χ4v) is 6.43. The van der Waals surface area contributed by atoms with E-state index in [1.807, 2.05) is 0 Å². The summed E-state index contributed by atoms with van der Waals surface area (Å²) in [6.07, 6.45) is 8.42. The maximum absolute atomic E-state index is 13.6. The number of benzene rings is 1. The number of hydrogen-bond acceptors (Lipinski definition) is 2. The van der Waals surface area contributed by atoms with Gasteiger partial charge in [-0.1, -0.05) is 15.9 Å². The maximum Gasteiger partial charge on any atom is 0.166 e. The second-order valence-electron chi connectivity index (χ2n) is 8.21. The van der Waals surface area contributed by atoms with E-state index in [-0.39, 0.29) is 23.4 Å². The zero-order valence-electron chi connectivity index (χ0n) is 13.2. The fraction of sp³-hybridized carbons (Fsp3) is 0.632. The molecule has 4 fully saturated rings. The lowest BCUT2D eigenvalue weighted by Gasteiger charge is -2.56. The van der Waals surface area contributed by atoms with Crippen molar-refractivity contribution in [3.8, 4) is 5.75 Å². The number of carbonyl (C=O) groups excluding carboxylic acids is 1. The van der Waals surface area contributed by atoms with Crippen LogP contribution in [0, 0.1) is 29.0 Å². The van der Waals surface area contributed by atoms with E-state index < -0.39 is 5.82 Å². The fourth-order valence-electron chi connectivity index (χ4n) is 5.95. The molecule has 0 saturated heterocycles. The molecule has 0 heterocycles. The second-order valence-corrected chi connectivity index (χ2v) is 9.12. The van der Waals surface area contributed by atoms with E-state index >= 15 is 0 Å². The SMILES string of the molecule is O=C(Cc1cc(Br)cc(F)c1O)CC12CC3CC(CC(C3)C1)C2. The molecule has 4 aliphatic carbocycles. The van der Waals surface area contributed by atoms with Crippen LogP contribution in [0.1, 0.15) is 50.5 Å². The molecule has 0 radical (unpaired) electrons. The molecule has 5 rings (SSSR count). The van der Waals surface area contributed by atoms with Crippen LogP contribution in [0.25, 0.3) is 0 Å². The van der Waals surface area contributed by atoms with Crippen molar-refractivity contribution in [1.82, 2.24) is 0 Å². The Morgan fingerprint density at radius 1 is 1.17 bits per heavy atom. The van der Waals surface area contributed by atoms with Gasteiger partial charge in [-0.3, -0.25) is 4.79 Å². The molecule has 0 amide bonds. The van der Waals surface area contributed by atoms with Crippen molar-refractivity contribution in [1.29, 1.82) is 0 Å². The predicted molar refractivity (Wildman–Crippen MR) is 89.7 cm³/mol. The molecule has 0 atom stereocenters. The first-order valence-electron chi connectivity index (χ1n) is 8.61. The summed E-state index contributed by atoms with van der Waals surface area (Å²) in [5.41, 5.74) is 0.595. The highest BCUT2D eigenvalue weighted by Crippen LogP contribution is 2.61. The van der Waals surface area contributed by atoms with Crippen LogP contribution in [0.2, 0.25) is 0 Å². The number of Topliss-reactive ketones (excluding diaryl/α,β-unsaturated/α-hetero) is 1. The first-order chi connectivity index (χ1) is 10.9. The normalized spacial score (nSPS) is 34.8. The largest absolute Gasteiger partial charge is 0.505 e. The molecule has 4 bridgehead atoms. The minimum atomic E-state index is -0.669. The zero-order valence-corrected chi connectivity index (χ0v) is 14.7. The summed E-state index contributed by atoms with van der Waals surface area (Å²) in [4.78, 5) is 12.6. The highest BCUT2D eigenvalue weighted by atomic mass is 79.9. The molecule has 1 N–H and O–H groups in total. The van der Waals surface area contributed by atoms with Crippen LogP contribution in [0.3, 0.4) is 0 Å². The number of phenolic OH excluding ortho intramolecular Hbond substituents is 1. The van der Waals surface area contributed by atoms with Gasteiger partial charge < -0.3 is 5.11 Å². The summed E-state index contributed by atoms with van der Waals surface area (Å²) in [6, 6.07) is 2.87. The van der Waals surface area contributed by atoms with E-state index in [1.165, 1.54) is 44.6 Å². The van der Waals surface area contributed by atoms with Gasteiger partial charge in [0.05, 0.1) is 0 Å². The quantitative estimate of drug-likeness (QED) is 0.796. The Morgan fingerprint density at radius 3 is 2.30 bits per heavy atom. The van der Waals surface area contributed by atoms with Gasteiger partial charge in [-0.05, 0) is 73.8 Å². The van der Waals surface area contributed by atoms with Crippen LogP contribution in [-0.4, -0.2) is 10.9 Å². The third-order valence-corrected chi connectivity index (χ3v) is 6.69. The van der Waals surface area contributed by atoms with Crippen LogP contribution in [0.5, 0.6) is 5.75 Å². The minimum absolute atomic E-state index is 0.129. The molecule has 2 nitrogen and oxygen atoms in total. The van der Waals surface area contributed by atoms with E-state index in [2.05, 4.69) is 15.9 Å². The Kier molecular flexibility index (Phi) is 3.79. The van der Waals surface area contributed by atoms with Gasteiger partial charge in [-0.15, -0.1) is 0 Å². The van der Waals surface area contributed by atoms with E-state index in [0.29, 0.717) is 16.5 Å². The molecular formula is C19H22BrFO2. The average Bonchev–Trinajstić information content (AvgIpc) is 2.41. The molecule has 4 heteroatoms. The Balaban J connectivity index is 1.49. The Morgan fingerprint density at radius 2 is 1.74 bits per heavy atom. The summed E-state index contributed by atoms with van der Waals surface area (Å²) in [5, 5.41) is 9.85. The third kappa shape index (κ3) is 2.95. The highest BCUT2D eigenvalue weighted by molar-refractivity contribution is 9.10. The van der Waals surface area contributed by atoms with Crippen LogP contribution in [0.4, 0.5) is 4.39 Å². The summed E-state index contributed by atoms with van der Waals surface area (Å²) in [5.74, 6) is 1.56. The van der Waals surface area contributed by atoms with Gasteiger partial charge in [0.2, 0.25) is 0 Å². The lowest BCUT2D eigenvalue weighted by molar-refractivity contribution is -0.126. The Labute approximate surface area is 144 Å². The molecule has 0 aromatic heterocycles. The molecule has 1 aromatic carbocycles. The monoisotopic (exact) mass is 380 g/mol. The second kappa shape index (κ2) is 5.58. The summed E-state index contributed by atoms with van der Waals surface area (Å²) >= 11 is 3.23. The van der Waals surface area contributed by atoms with Crippen LogP contribution in [-0.2, 0) is 11.2 Å². The smallest absolute Gasteiger partial charge is 0.166 e. The molecular weight excluding hydrogens is 359 g/mol. The van der Waals surface area contributed by atoms with E-state index in [1.54, 1.807) is 6.07 Å². The number of halogens is 2. The third-order valence-electron chi connectivity index (χ3n) is 6.23. The van der Waals surface area contributed by atoms with Crippen molar-refractivity contribution in [2.24, 2.45) is 23.2 Å². The van der Waals surface area contributed by atoms with Crippen molar-refractivity contribution in [3.05, 3.63) is 28.0 Å². The van der Waals surface area contributed by atoms with Crippen molar-refractivity contribution < 1.29 is 14.3 Å². The molecule has 0 aliphatic heterocycles. The van der Waals surface area contributed by atoms with Gasteiger partial charge in [-0.2, -0.15) is 0 Å². The summed E-state index contributed by atoms with van der Waals surface area (Å²) in [6.45, 7) is 0. The number of carbonyl (C=O) groups is 1. The Hall–Kier alpha value is -0.900. The molecule has 124 valence electrons. The molecule has 4 saturated carbocycles. The van der Waals surface area contributed by atoms with Crippen molar-refractivity contribution in [2.45, 2.75) is 51.4 Å². The molecule has 0 spiro atoms. The summed E-state index contributed by atoms with van der Waals surface area (Å²) < 4.78 is 14.2. The minimum Gasteiger partial charge on any atom is -0.505 e.